The first-order valence-corrected chi connectivity index (χ1v) is 8.22. The van der Waals surface area contributed by atoms with Crippen molar-refractivity contribution >= 4 is 23.3 Å². The van der Waals surface area contributed by atoms with Crippen LogP contribution < -0.4 is 5.32 Å². The molecule has 1 aromatic rings. The van der Waals surface area contributed by atoms with Crippen LogP contribution in [0.1, 0.15) is 25.6 Å². The van der Waals surface area contributed by atoms with E-state index in [1.165, 1.54) is 0 Å². The molecule has 0 saturated carbocycles. The normalized spacial score (nSPS) is 19.2. The molecule has 2 heterocycles. The second-order valence-corrected chi connectivity index (χ2v) is 6.82. The summed E-state index contributed by atoms with van der Waals surface area (Å²) < 4.78 is 0. The van der Waals surface area contributed by atoms with E-state index >= 15 is 0 Å². The minimum absolute atomic E-state index is 0.0428. The first kappa shape index (κ1) is 15.8. The van der Waals surface area contributed by atoms with Crippen LogP contribution >= 0.6 is 11.3 Å². The van der Waals surface area contributed by atoms with E-state index in [4.69, 9.17) is 0 Å². The largest absolute Gasteiger partial charge is 0.339 e. The lowest BCUT2D eigenvalue weighted by Gasteiger charge is -2.39. The number of carbonyl (C=O) groups is 2. The summed E-state index contributed by atoms with van der Waals surface area (Å²) in [5.41, 5.74) is 0. The molecule has 1 N–H and O–H groups in total. The van der Waals surface area contributed by atoms with Gasteiger partial charge < -0.3 is 15.1 Å². The second kappa shape index (κ2) is 6.93. The average molecular weight is 309 g/mol. The van der Waals surface area contributed by atoms with Crippen molar-refractivity contribution in [1.29, 1.82) is 0 Å². The van der Waals surface area contributed by atoms with Gasteiger partial charge in [-0.3, -0.25) is 4.79 Å². The number of hydrogen-bond acceptors (Lipinski definition) is 3. The monoisotopic (exact) mass is 309 g/mol. The molecule has 1 saturated heterocycles. The molecule has 1 aromatic heterocycles. The predicted molar refractivity (Wildman–Crippen MR) is 84.1 cm³/mol. The molecule has 0 spiro atoms. The third kappa shape index (κ3) is 3.97. The van der Waals surface area contributed by atoms with Crippen LogP contribution in [0, 0.1) is 5.92 Å². The van der Waals surface area contributed by atoms with E-state index in [-0.39, 0.29) is 18.0 Å². The Morgan fingerprint density at radius 2 is 2.24 bits per heavy atom. The third-order valence-electron chi connectivity index (χ3n) is 3.59. The molecule has 0 aliphatic carbocycles. The molecule has 116 valence electrons. The van der Waals surface area contributed by atoms with Gasteiger partial charge in [-0.05, 0) is 24.3 Å². The number of nitrogens with zero attached hydrogens (tertiary/aromatic N) is 2. The highest BCUT2D eigenvalue weighted by Gasteiger charge is 2.34. The van der Waals surface area contributed by atoms with Crippen LogP contribution in [0.15, 0.2) is 17.5 Å². The molecule has 1 atom stereocenters. The van der Waals surface area contributed by atoms with Crippen molar-refractivity contribution in [3.63, 3.8) is 0 Å². The van der Waals surface area contributed by atoms with E-state index in [0.717, 1.165) is 11.4 Å². The van der Waals surface area contributed by atoms with Gasteiger partial charge in [-0.15, -0.1) is 11.3 Å². The standard InChI is InChI=1S/C15H23N3O2S/c1-11(2)10-17-6-7-18(12(3)14(17)19)15(20)16-9-13-5-4-8-21-13/h4-5,8,11-12H,6-7,9-10H2,1-3H3,(H,16,20). The quantitative estimate of drug-likeness (QED) is 0.926. The van der Waals surface area contributed by atoms with Crippen molar-refractivity contribution < 1.29 is 9.59 Å². The Morgan fingerprint density at radius 1 is 1.48 bits per heavy atom. The SMILES string of the molecule is CC(C)CN1CCN(C(=O)NCc2cccs2)C(C)C1=O. The molecule has 1 fully saturated rings. The van der Waals surface area contributed by atoms with Gasteiger partial charge in [-0.2, -0.15) is 0 Å². The Labute approximate surface area is 129 Å². The molecule has 3 amide bonds. The minimum Gasteiger partial charge on any atom is -0.339 e. The van der Waals surface area contributed by atoms with E-state index in [1.807, 2.05) is 22.4 Å². The summed E-state index contributed by atoms with van der Waals surface area (Å²) in [5.74, 6) is 0.488. The molecule has 0 bridgehead atoms. The summed E-state index contributed by atoms with van der Waals surface area (Å²) >= 11 is 1.61. The molecular weight excluding hydrogens is 286 g/mol. The molecule has 0 radical (unpaired) electrons. The Bertz CT molecular complexity index is 487. The van der Waals surface area contributed by atoms with Gasteiger partial charge in [0.2, 0.25) is 5.91 Å². The fourth-order valence-corrected chi connectivity index (χ4v) is 3.15. The fraction of sp³-hybridized carbons (Fsp3) is 0.600. The van der Waals surface area contributed by atoms with Gasteiger partial charge in [0, 0.05) is 24.5 Å². The highest BCUT2D eigenvalue weighted by atomic mass is 32.1. The number of nitrogens with one attached hydrogen (secondary N) is 1. The first-order valence-electron chi connectivity index (χ1n) is 7.34. The van der Waals surface area contributed by atoms with Crippen LogP contribution in [-0.4, -0.2) is 47.4 Å². The topological polar surface area (TPSA) is 52.6 Å². The number of rotatable bonds is 4. The van der Waals surface area contributed by atoms with E-state index in [9.17, 15) is 9.59 Å². The van der Waals surface area contributed by atoms with Gasteiger partial charge in [-0.1, -0.05) is 19.9 Å². The Kier molecular flexibility index (Phi) is 5.22. The number of hydrogen-bond donors (Lipinski definition) is 1. The summed E-state index contributed by atoms with van der Waals surface area (Å²) in [6, 6.07) is 3.40. The van der Waals surface area contributed by atoms with Gasteiger partial charge in [0.05, 0.1) is 6.54 Å². The number of piperazine rings is 1. The van der Waals surface area contributed by atoms with Crippen LogP contribution in [0.25, 0.3) is 0 Å². The lowest BCUT2D eigenvalue weighted by molar-refractivity contribution is -0.139. The summed E-state index contributed by atoms with van der Waals surface area (Å²) in [6.45, 7) is 8.48. The lowest BCUT2D eigenvalue weighted by Crippen LogP contribution is -2.59. The van der Waals surface area contributed by atoms with Crippen LogP contribution in [-0.2, 0) is 11.3 Å². The number of thiophene rings is 1. The van der Waals surface area contributed by atoms with Crippen molar-refractivity contribution in [2.45, 2.75) is 33.4 Å². The molecule has 2 rings (SSSR count). The molecule has 1 aliphatic rings. The van der Waals surface area contributed by atoms with E-state index in [2.05, 4.69) is 19.2 Å². The third-order valence-corrected chi connectivity index (χ3v) is 4.46. The zero-order valence-corrected chi connectivity index (χ0v) is 13.7. The maximum absolute atomic E-state index is 12.3. The van der Waals surface area contributed by atoms with E-state index < -0.39 is 0 Å². The highest BCUT2D eigenvalue weighted by Crippen LogP contribution is 2.14. The zero-order valence-electron chi connectivity index (χ0n) is 12.8. The Balaban J connectivity index is 1.89. The van der Waals surface area contributed by atoms with Gasteiger partial charge in [0.15, 0.2) is 0 Å². The Morgan fingerprint density at radius 3 is 2.86 bits per heavy atom. The van der Waals surface area contributed by atoms with Gasteiger partial charge in [0.1, 0.15) is 6.04 Å². The summed E-state index contributed by atoms with van der Waals surface area (Å²) in [4.78, 5) is 29.1. The van der Waals surface area contributed by atoms with Crippen molar-refractivity contribution in [1.82, 2.24) is 15.1 Å². The van der Waals surface area contributed by atoms with Crippen LogP contribution in [0.2, 0.25) is 0 Å². The first-order chi connectivity index (χ1) is 9.99. The van der Waals surface area contributed by atoms with Crippen molar-refractivity contribution in [2.75, 3.05) is 19.6 Å². The minimum atomic E-state index is -0.388. The molecular formula is C15H23N3O2S. The predicted octanol–water partition coefficient (Wildman–Crippen LogP) is 2.15. The van der Waals surface area contributed by atoms with Crippen molar-refractivity contribution in [3.05, 3.63) is 22.4 Å². The fourth-order valence-electron chi connectivity index (χ4n) is 2.51. The number of amides is 3. The van der Waals surface area contributed by atoms with Gasteiger partial charge in [0.25, 0.3) is 0 Å². The molecule has 1 aliphatic heterocycles. The maximum atomic E-state index is 12.3. The van der Waals surface area contributed by atoms with Crippen molar-refractivity contribution in [2.24, 2.45) is 5.92 Å². The zero-order chi connectivity index (χ0) is 15.4. The molecule has 1 unspecified atom stereocenters. The average Bonchev–Trinajstić information content (AvgIpc) is 2.94. The number of urea groups is 1. The van der Waals surface area contributed by atoms with Gasteiger partial charge in [-0.25, -0.2) is 4.79 Å². The maximum Gasteiger partial charge on any atom is 0.318 e. The second-order valence-electron chi connectivity index (χ2n) is 5.79. The molecule has 5 nitrogen and oxygen atoms in total. The van der Waals surface area contributed by atoms with E-state index in [0.29, 0.717) is 25.6 Å². The number of carbonyl (C=O) groups excluding carboxylic acids is 2. The summed E-state index contributed by atoms with van der Waals surface area (Å²) in [6.07, 6.45) is 0. The van der Waals surface area contributed by atoms with Gasteiger partial charge >= 0.3 is 6.03 Å². The van der Waals surface area contributed by atoms with Crippen LogP contribution in [0.5, 0.6) is 0 Å². The van der Waals surface area contributed by atoms with E-state index in [1.54, 1.807) is 23.2 Å². The lowest BCUT2D eigenvalue weighted by atomic mass is 10.1. The highest BCUT2D eigenvalue weighted by molar-refractivity contribution is 7.09. The smallest absolute Gasteiger partial charge is 0.318 e. The van der Waals surface area contributed by atoms with Crippen LogP contribution in [0.4, 0.5) is 4.79 Å². The van der Waals surface area contributed by atoms with Crippen LogP contribution in [0.3, 0.4) is 0 Å². The molecule has 6 heteroatoms. The molecule has 21 heavy (non-hydrogen) atoms. The Hall–Kier alpha value is -1.56. The van der Waals surface area contributed by atoms with Crippen molar-refractivity contribution in [3.8, 4) is 0 Å². The molecule has 0 aromatic carbocycles. The summed E-state index contributed by atoms with van der Waals surface area (Å²) in [5, 5.41) is 4.87. The summed E-state index contributed by atoms with van der Waals surface area (Å²) in [7, 11) is 0.